The van der Waals surface area contributed by atoms with Crippen LogP contribution in [0.4, 0.5) is 0 Å². The molecule has 32 heavy (non-hydrogen) atoms. The lowest BCUT2D eigenvalue weighted by Gasteiger charge is -2.15. The van der Waals surface area contributed by atoms with Crippen LogP contribution in [0.2, 0.25) is 19.6 Å². The molecule has 0 fully saturated rings. The van der Waals surface area contributed by atoms with Crippen LogP contribution in [-0.4, -0.2) is 27.6 Å². The Labute approximate surface area is 186 Å². The number of nitrogens with zero attached hydrogens (tertiary/aromatic N) is 4. The summed E-state index contributed by atoms with van der Waals surface area (Å²) in [5.74, 6) is 0.793. The Morgan fingerprint density at radius 2 is 1.72 bits per heavy atom. The summed E-state index contributed by atoms with van der Waals surface area (Å²) >= 11 is 0. The summed E-state index contributed by atoms with van der Waals surface area (Å²) in [4.78, 5) is 13.6. The van der Waals surface area contributed by atoms with Crippen molar-refractivity contribution in [3.63, 3.8) is 0 Å². The van der Waals surface area contributed by atoms with Crippen molar-refractivity contribution in [2.24, 2.45) is 0 Å². The fraction of sp³-hybridized carbons (Fsp3) is 0.115. The van der Waals surface area contributed by atoms with Crippen molar-refractivity contribution < 1.29 is 4.42 Å². The van der Waals surface area contributed by atoms with Crippen LogP contribution in [0, 0.1) is 0 Å². The number of aromatic nitrogens is 4. The van der Waals surface area contributed by atoms with E-state index < -0.39 is 8.07 Å². The lowest BCUT2D eigenvalue weighted by Crippen LogP contribution is -2.37. The van der Waals surface area contributed by atoms with Crippen molar-refractivity contribution >= 4 is 46.4 Å². The monoisotopic (exact) mass is 434 g/mol. The van der Waals surface area contributed by atoms with E-state index in [9.17, 15) is 0 Å². The Kier molecular flexibility index (Phi) is 4.07. The molecule has 5 nitrogen and oxygen atoms in total. The van der Waals surface area contributed by atoms with Crippen molar-refractivity contribution in [2.45, 2.75) is 19.6 Å². The highest BCUT2D eigenvalue weighted by atomic mass is 28.3. The molecule has 0 N–H and O–H groups in total. The highest BCUT2D eigenvalue weighted by Crippen LogP contribution is 2.37. The summed E-state index contributed by atoms with van der Waals surface area (Å²) in [6.07, 6.45) is 3.32. The first-order chi connectivity index (χ1) is 15.5. The third-order valence-corrected chi connectivity index (χ3v) is 7.99. The van der Waals surface area contributed by atoms with Crippen LogP contribution in [0.1, 0.15) is 0 Å². The molecule has 0 radical (unpaired) electrons. The van der Waals surface area contributed by atoms with E-state index in [0.29, 0.717) is 0 Å². The van der Waals surface area contributed by atoms with E-state index in [1.54, 1.807) is 12.5 Å². The molecular formula is C26H22N4OSi. The van der Waals surface area contributed by atoms with Gasteiger partial charge in [-0.3, -0.25) is 4.57 Å². The fourth-order valence-corrected chi connectivity index (χ4v) is 5.42. The number of para-hydroxylation sites is 2. The van der Waals surface area contributed by atoms with Gasteiger partial charge in [0.15, 0.2) is 11.5 Å². The summed E-state index contributed by atoms with van der Waals surface area (Å²) in [6, 6.07) is 23.1. The van der Waals surface area contributed by atoms with Gasteiger partial charge >= 0.3 is 0 Å². The van der Waals surface area contributed by atoms with E-state index in [2.05, 4.69) is 82.7 Å². The maximum atomic E-state index is 6.49. The predicted molar refractivity (Wildman–Crippen MR) is 132 cm³/mol. The summed E-state index contributed by atoms with van der Waals surface area (Å²) in [6.45, 7) is 7.06. The van der Waals surface area contributed by atoms with Crippen molar-refractivity contribution in [2.75, 3.05) is 0 Å². The topological polar surface area (TPSA) is 56.7 Å². The molecule has 3 heterocycles. The maximum Gasteiger partial charge on any atom is 0.168 e. The van der Waals surface area contributed by atoms with E-state index in [0.717, 1.165) is 50.2 Å². The molecule has 156 valence electrons. The van der Waals surface area contributed by atoms with Crippen LogP contribution >= 0.6 is 0 Å². The third-order valence-electron chi connectivity index (χ3n) is 5.94. The van der Waals surface area contributed by atoms with Crippen LogP contribution in [0.25, 0.3) is 50.2 Å². The third kappa shape index (κ3) is 2.87. The molecule has 0 atom stereocenters. The first-order valence-corrected chi connectivity index (χ1v) is 14.2. The van der Waals surface area contributed by atoms with Gasteiger partial charge in [-0.15, -0.1) is 0 Å². The Bertz CT molecular complexity index is 1610. The van der Waals surface area contributed by atoms with Gasteiger partial charge in [0, 0.05) is 16.5 Å². The van der Waals surface area contributed by atoms with Gasteiger partial charge in [0.1, 0.15) is 23.0 Å². The van der Waals surface area contributed by atoms with Gasteiger partial charge in [-0.1, -0.05) is 67.3 Å². The van der Waals surface area contributed by atoms with Gasteiger partial charge in [0.2, 0.25) is 0 Å². The number of imidazole rings is 1. The fourth-order valence-electron chi connectivity index (χ4n) is 4.27. The molecule has 0 spiro atoms. The minimum atomic E-state index is -1.44. The first-order valence-electron chi connectivity index (χ1n) is 10.7. The van der Waals surface area contributed by atoms with Crippen molar-refractivity contribution in [3.8, 4) is 17.1 Å². The molecular weight excluding hydrogens is 412 g/mol. The maximum absolute atomic E-state index is 6.49. The number of fused-ring (bicyclic) bond motifs is 4. The normalized spacial score (nSPS) is 12.2. The van der Waals surface area contributed by atoms with E-state index in [1.807, 2.05) is 18.2 Å². The highest BCUT2D eigenvalue weighted by molar-refractivity contribution is 6.88. The number of hydrogen-bond donors (Lipinski definition) is 0. The molecule has 0 aliphatic carbocycles. The first kappa shape index (κ1) is 19.0. The Morgan fingerprint density at radius 1 is 0.875 bits per heavy atom. The number of benzene rings is 3. The van der Waals surface area contributed by atoms with Gasteiger partial charge in [-0.05, 0) is 24.3 Å². The number of rotatable bonds is 3. The molecule has 0 saturated carbocycles. The van der Waals surface area contributed by atoms with Gasteiger partial charge in [-0.2, -0.15) is 0 Å². The molecule has 0 aliphatic heterocycles. The van der Waals surface area contributed by atoms with Crippen LogP contribution in [0.5, 0.6) is 0 Å². The number of hydrogen-bond acceptors (Lipinski definition) is 4. The smallest absolute Gasteiger partial charge is 0.168 e. The van der Waals surface area contributed by atoms with Crippen molar-refractivity contribution in [3.05, 3.63) is 79.3 Å². The van der Waals surface area contributed by atoms with Crippen LogP contribution in [0.15, 0.2) is 83.7 Å². The molecule has 0 amide bonds. The van der Waals surface area contributed by atoms with E-state index in [4.69, 9.17) is 9.40 Å². The second-order valence-corrected chi connectivity index (χ2v) is 14.2. The average Bonchev–Trinajstić information content (AvgIpc) is 3.37. The molecule has 0 bridgehead atoms. The zero-order valence-corrected chi connectivity index (χ0v) is 19.2. The van der Waals surface area contributed by atoms with Crippen LogP contribution in [0.3, 0.4) is 0 Å². The van der Waals surface area contributed by atoms with Crippen LogP contribution < -0.4 is 5.19 Å². The summed E-state index contributed by atoms with van der Waals surface area (Å²) in [7, 11) is -1.44. The lowest BCUT2D eigenvalue weighted by atomic mass is 10.1. The lowest BCUT2D eigenvalue weighted by molar-refractivity contribution is 0.669. The largest absolute Gasteiger partial charge is 0.455 e. The minimum Gasteiger partial charge on any atom is -0.455 e. The molecule has 6 rings (SSSR count). The average molecular weight is 435 g/mol. The summed E-state index contributed by atoms with van der Waals surface area (Å²) < 4.78 is 8.57. The van der Waals surface area contributed by atoms with Crippen molar-refractivity contribution in [1.82, 2.24) is 19.5 Å². The van der Waals surface area contributed by atoms with Crippen molar-refractivity contribution in [1.29, 1.82) is 0 Å². The molecule has 6 aromatic rings. The van der Waals surface area contributed by atoms with Gasteiger partial charge in [-0.25, -0.2) is 15.0 Å². The van der Waals surface area contributed by atoms with Gasteiger partial charge in [0.05, 0.1) is 19.8 Å². The molecule has 3 aromatic heterocycles. The zero-order chi connectivity index (χ0) is 21.9. The second-order valence-electron chi connectivity index (χ2n) is 9.08. The standard InChI is InChI=1S/C26H22N4OSi/c1-32(2,3)18-12-13-19-20-10-7-11-21(24(20)31-23(19)14-18)25-29-22-15-27-16-28-26(22)30(25)17-8-5-4-6-9-17/h4-16H,1-3H3. The molecule has 3 aromatic carbocycles. The quantitative estimate of drug-likeness (QED) is 0.324. The van der Waals surface area contributed by atoms with Crippen LogP contribution in [-0.2, 0) is 0 Å². The summed E-state index contributed by atoms with van der Waals surface area (Å²) in [5.41, 5.74) is 5.23. The summed E-state index contributed by atoms with van der Waals surface area (Å²) in [5, 5.41) is 3.61. The SMILES string of the molecule is C[Si](C)(C)c1ccc2c(c1)oc1c(-c3nc4cncnc4n3-c3ccccc3)cccc12. The molecule has 0 aliphatic rings. The van der Waals surface area contributed by atoms with Gasteiger partial charge < -0.3 is 4.42 Å². The second kappa shape index (κ2) is 6.87. The number of furan rings is 1. The van der Waals surface area contributed by atoms with E-state index >= 15 is 0 Å². The Hall–Kier alpha value is -3.77. The molecule has 0 unspecified atom stereocenters. The van der Waals surface area contributed by atoms with E-state index in [1.165, 1.54) is 5.19 Å². The predicted octanol–water partition coefficient (Wildman–Crippen LogP) is 5.93. The highest BCUT2D eigenvalue weighted by Gasteiger charge is 2.22. The minimum absolute atomic E-state index is 0.750. The molecule has 6 heteroatoms. The zero-order valence-electron chi connectivity index (χ0n) is 18.2. The van der Waals surface area contributed by atoms with E-state index in [-0.39, 0.29) is 0 Å². The van der Waals surface area contributed by atoms with Gasteiger partial charge in [0.25, 0.3) is 0 Å². The molecule has 0 saturated heterocycles. The Morgan fingerprint density at radius 3 is 2.53 bits per heavy atom. The Balaban J connectivity index is 1.67.